The summed E-state index contributed by atoms with van der Waals surface area (Å²) in [7, 11) is -0.907. The van der Waals surface area contributed by atoms with E-state index < -0.39 is 46.4 Å². The van der Waals surface area contributed by atoms with E-state index in [4.69, 9.17) is 73.9 Å². The minimum atomic E-state index is -1.42. The quantitative estimate of drug-likeness (QED) is 0.00274. The molecule has 0 saturated carbocycles. The van der Waals surface area contributed by atoms with Crippen LogP contribution in [0.15, 0.2) is 164 Å². The molecular weight excluding hydrogens is 2030 g/mol. The summed E-state index contributed by atoms with van der Waals surface area (Å²) in [6, 6.07) is 19.9. The number of H-pyrrole nitrogens is 1. The number of aromatic nitrogens is 22. The first-order valence-electron chi connectivity index (χ1n) is 39.4. The predicted octanol–water partition coefficient (Wildman–Crippen LogP) is 8.94. The van der Waals surface area contributed by atoms with Crippen LogP contribution in [-0.4, -0.2) is 187 Å². The number of ketones is 1. The van der Waals surface area contributed by atoms with Gasteiger partial charge in [-0.3, -0.25) is 39.5 Å². The third kappa shape index (κ3) is 49.4. The van der Waals surface area contributed by atoms with E-state index >= 15 is 0 Å². The van der Waals surface area contributed by atoms with Gasteiger partial charge in [-0.15, -0.1) is 121 Å². The number of ether oxygens (including phenoxy) is 3. The number of nitrogens with zero attached hydrogens (tertiary/aromatic N) is 24. The zero-order chi connectivity index (χ0) is 101. The number of carbonyl (C=O) groups excluding carboxylic acids is 4. The third-order valence-corrected chi connectivity index (χ3v) is 21.9. The molecule has 15 aromatic rings. The standard InChI is InChI=1S/C17H16N8S.C12H14N4SSi.C9H6N4S.C8H10N4O.C8H9NO3S.C7H5ClN4S.C7H6N4OS.C5H8O4.C5H10Si.C4H3NO2S.CH5N3.ClH.K/c1-2-11-4-3-5-12(20-11)9-25-10-15(23-24-25)13-8-14(22-17(18)21-13)16-19-6-7-26-16;1-18(2,3)7-4-9-8-10(16-12(13)15-9)11-14-5-6-17-11;1-2-6-5-7(13-9(10)12-6)8-11-3-4-14-8;1-13-6-8-4-2-3-7(11-8)5-10-12-9;1-2-12-7(11)5-6(10)8-9-3-4-13-8;8-5-3-4(11-7(9)12-5)6-10-1-2-13-6;8-7-10-4(3-5(12)11-7)6-9-1-2-13-6;1-2-9-5(8)3-4(6)7;1-5-6(2,3)4;6-4(7)3-5-1-2-8-3;2-1(3)4;;/h3-8,10H,2,9H2,1H3,(H2,18,21,22);5-6,8H,1-3H3,(H2,13,15,16);1,3-5H,(H2,10,12,13);2-4H,5-6H2,1H3;3-4H,2,5H2,1H3;1-3H,(H2,9,11,12);1-3H,(H3,8,10,11,12);2-3H2,1H3,(H,6,7);1H,2-4H3;1-2H,(H,6,7);(H5,2,3,4);1H;/q;;;;;;;;;;;;+1/p-1. The number of guanidine groups is 1. The van der Waals surface area contributed by atoms with Crippen molar-refractivity contribution in [2.75, 3.05) is 49.0 Å². The van der Waals surface area contributed by atoms with Gasteiger partial charge in [0.15, 0.2) is 11.0 Å². The average molecular weight is 2120 g/mol. The van der Waals surface area contributed by atoms with Crippen molar-refractivity contribution >= 4 is 185 Å². The Labute approximate surface area is 880 Å². The van der Waals surface area contributed by atoms with E-state index in [0.29, 0.717) is 80.5 Å². The number of aryl methyl sites for hydroxylation is 1. The SMILES string of the molecule is C#C[Si](C)(C)C.C#Cc1cc(-c2nccs2)nc(N)n1.CCOC(=O)CC(=O)[O-].CCOC(=O)CC(=O)c1nccs1.CCc1cccc(Cn2cc(-c3cc(-c4nccs4)nc(N)n3)nn2)n1.COCc1cccc(CN=[N+]=[N-])n1.C[Si](C)(C)C#Cc1cc(-c2nccs2)nc(N)n1.Cl.N=C(N)N.Nc1nc(-c2nccs2)cc(=O)[nH]1.Nc1nc(Cl)cc(-c2nccs2)n1.O=C(O)c1nccs1.[K+]. The number of hydrogen-bond acceptors (Lipinski definition) is 44. The molecule has 15 heterocycles. The molecule has 44 nitrogen and oxygen atoms in total. The van der Waals surface area contributed by atoms with E-state index in [1.807, 2.05) is 81.6 Å². The Hall–Kier alpha value is -13.5. The van der Waals surface area contributed by atoms with Crippen molar-refractivity contribution in [1.82, 2.24) is 110 Å². The fourth-order valence-electron chi connectivity index (χ4n) is 8.99. The molecule has 139 heavy (non-hydrogen) atoms. The number of thiazole rings is 7. The third-order valence-electron chi connectivity index (χ3n) is 14.4. The van der Waals surface area contributed by atoms with Crippen molar-refractivity contribution in [3.8, 4) is 101 Å². The number of aromatic amines is 1. The smallest absolute Gasteiger partial charge is 0.550 e. The second-order valence-electron chi connectivity index (χ2n) is 27.6. The molecule has 0 fully saturated rings. The van der Waals surface area contributed by atoms with Crippen LogP contribution >= 0.6 is 103 Å². The number of nitrogens with one attached hydrogen (secondary N) is 2. The number of aromatic carboxylic acids is 1. The summed E-state index contributed by atoms with van der Waals surface area (Å²) in [6.07, 6.45) is 23.7. The number of carboxylic acid groups (broad SMARTS) is 2. The number of pyridine rings is 2. The number of nitrogens with two attached hydrogens (primary N) is 7. The molecule has 15 rings (SSSR count). The number of anilines is 5. The van der Waals surface area contributed by atoms with E-state index in [-0.39, 0.29) is 135 Å². The summed E-state index contributed by atoms with van der Waals surface area (Å²) >= 11 is 15.4. The molecule has 56 heteroatoms. The molecule has 0 aliphatic rings. The Morgan fingerprint density at radius 1 is 0.568 bits per heavy atom. The average Bonchev–Trinajstić information content (AvgIpc) is 1.70. The topological polar surface area (TPSA) is 707 Å². The maximum Gasteiger partial charge on any atom is 1.00 e. The number of halogens is 2. The summed E-state index contributed by atoms with van der Waals surface area (Å²) in [6.45, 7) is 20.2. The molecule has 17 N–H and O–H groups in total. The maximum absolute atomic E-state index is 11.2. The largest absolute Gasteiger partial charge is 1.00 e. The summed E-state index contributed by atoms with van der Waals surface area (Å²) < 4.78 is 15.6. The molecule has 0 saturated heterocycles. The number of hydrogen-bond donors (Lipinski definition) is 10. The van der Waals surface area contributed by atoms with Crippen LogP contribution in [0, 0.1) is 41.2 Å². The molecule has 720 valence electrons. The first kappa shape index (κ1) is 120. The number of terminal acetylenes is 2. The minimum absolute atomic E-state index is 0. The molecule has 0 aromatic carbocycles. The normalized spacial score (nSPS) is 9.79. The van der Waals surface area contributed by atoms with E-state index in [2.05, 4.69) is 205 Å². The van der Waals surface area contributed by atoms with Gasteiger partial charge in [0, 0.05) is 129 Å². The van der Waals surface area contributed by atoms with Gasteiger partial charge in [0.25, 0.3) is 5.56 Å². The maximum atomic E-state index is 11.2. The molecule has 15 aromatic heterocycles. The van der Waals surface area contributed by atoms with E-state index in [1.165, 1.54) is 86.5 Å². The minimum Gasteiger partial charge on any atom is -0.550 e. The van der Waals surface area contributed by atoms with Gasteiger partial charge >= 0.3 is 69.3 Å². The van der Waals surface area contributed by atoms with Crippen LogP contribution in [0.4, 0.5) is 29.7 Å². The predicted molar refractivity (Wildman–Crippen MR) is 542 cm³/mol. The van der Waals surface area contributed by atoms with Gasteiger partial charge in [0.1, 0.15) is 98.3 Å². The summed E-state index contributed by atoms with van der Waals surface area (Å²) in [4.78, 5) is 141. The summed E-state index contributed by atoms with van der Waals surface area (Å²) in [5.41, 5.74) is 59.9. The van der Waals surface area contributed by atoms with Crippen LogP contribution in [0.1, 0.15) is 87.4 Å². The molecule has 0 unspecified atom stereocenters. The fourth-order valence-corrected chi connectivity index (χ4v) is 13.7. The van der Waals surface area contributed by atoms with E-state index in [9.17, 15) is 33.9 Å². The number of carbonyl (C=O) groups is 5. The number of esters is 2. The number of methoxy groups -OCH3 is 1. The number of Topliss-reactive ketones (excluding diaryl/α,β-unsaturated/α-hetero) is 1. The first-order chi connectivity index (χ1) is 65.3. The zero-order valence-electron chi connectivity index (χ0n) is 76.3. The van der Waals surface area contributed by atoms with Crippen molar-refractivity contribution in [3.05, 3.63) is 224 Å². The van der Waals surface area contributed by atoms with Crippen LogP contribution in [0.2, 0.25) is 44.4 Å². The van der Waals surface area contributed by atoms with Crippen molar-refractivity contribution < 1.29 is 99.8 Å². The molecule has 0 aliphatic heterocycles. The van der Waals surface area contributed by atoms with Crippen LogP contribution in [0.5, 0.6) is 0 Å². The molecule has 0 bridgehead atoms. The first-order valence-corrected chi connectivity index (χ1v) is 52.9. The van der Waals surface area contributed by atoms with Crippen molar-refractivity contribution in [1.29, 1.82) is 5.41 Å². The van der Waals surface area contributed by atoms with Crippen LogP contribution in [-0.2, 0) is 54.7 Å². The van der Waals surface area contributed by atoms with Gasteiger partial charge in [-0.25, -0.2) is 89.2 Å². The number of carboxylic acids is 2. The van der Waals surface area contributed by atoms with Gasteiger partial charge < -0.3 is 69.4 Å². The Kier molecular flexibility index (Phi) is 55.5. The van der Waals surface area contributed by atoms with Gasteiger partial charge in [-0.05, 0) is 56.1 Å². The Morgan fingerprint density at radius 3 is 1.40 bits per heavy atom. The van der Waals surface area contributed by atoms with Crippen LogP contribution < -0.4 is 102 Å². The van der Waals surface area contributed by atoms with Crippen molar-refractivity contribution in [2.45, 2.75) is 99.0 Å². The second kappa shape index (κ2) is 64.5. The summed E-state index contributed by atoms with van der Waals surface area (Å²) in [5, 5.41) is 53.1. The Balaban J connectivity index is 0.000000403. The molecule has 0 radical (unpaired) electrons. The van der Waals surface area contributed by atoms with E-state index in [0.717, 1.165) is 66.3 Å². The van der Waals surface area contributed by atoms with E-state index in [1.54, 1.807) is 79.5 Å². The molecule has 0 spiro atoms. The van der Waals surface area contributed by atoms with Gasteiger partial charge in [0.05, 0.1) is 68.6 Å². The number of azide groups is 1. The van der Waals surface area contributed by atoms with Gasteiger partial charge in [0.2, 0.25) is 40.5 Å². The molecule has 0 amide bonds. The number of nitrogen functional groups attached to an aromatic ring is 5. The van der Waals surface area contributed by atoms with Crippen LogP contribution in [0.25, 0.3) is 75.3 Å². The van der Waals surface area contributed by atoms with Gasteiger partial charge in [-0.2, -0.15) is 0 Å². The second-order valence-corrected chi connectivity index (χ2v) is 43.8. The fraction of sp³-hybridized carbons (Fsp3) is 0.217. The summed E-state index contributed by atoms with van der Waals surface area (Å²) in [5.74, 6) is 2.13. The number of aliphatic carboxylic acids is 1. The monoisotopic (exact) mass is 2120 g/mol. The van der Waals surface area contributed by atoms with Gasteiger partial charge in [-0.1, -0.05) is 92.1 Å². The molecular formula is C83H92Cl2KN33O11S7Si2. The Morgan fingerprint density at radius 2 is 0.986 bits per heavy atom. The Bertz CT molecular complexity index is 6540. The number of rotatable bonds is 21. The van der Waals surface area contributed by atoms with Crippen molar-refractivity contribution in [2.24, 2.45) is 16.6 Å². The van der Waals surface area contributed by atoms with Crippen molar-refractivity contribution in [3.63, 3.8) is 0 Å². The zero-order valence-corrected chi connectivity index (χ0v) is 88.7. The molecule has 0 aliphatic carbocycles. The molecule has 0 atom stereocenters. The van der Waals surface area contributed by atoms with Crippen LogP contribution in [0.3, 0.4) is 0 Å².